The smallest absolute Gasteiger partial charge is 0.278 e. The highest BCUT2D eigenvalue weighted by Gasteiger charge is 2.28. The van der Waals surface area contributed by atoms with Gasteiger partial charge in [-0.1, -0.05) is 29.3 Å². The number of rotatable bonds is 3. The van der Waals surface area contributed by atoms with Crippen molar-refractivity contribution < 1.29 is 9.69 Å². The molecule has 3 heterocycles. The Morgan fingerprint density at radius 2 is 1.97 bits per heavy atom. The average molecular weight is 424 g/mol. The third kappa shape index (κ3) is 3.80. The second kappa shape index (κ2) is 7.97. The summed E-state index contributed by atoms with van der Waals surface area (Å²) in [4.78, 5) is 22.4. The first-order chi connectivity index (χ1) is 14.6. The second-order valence-electron chi connectivity index (χ2n) is 8.59. The number of piperazine rings is 1. The van der Waals surface area contributed by atoms with E-state index in [2.05, 4.69) is 41.1 Å². The molecule has 3 aromatic rings. The van der Waals surface area contributed by atoms with E-state index in [0.29, 0.717) is 6.54 Å². The summed E-state index contributed by atoms with van der Waals surface area (Å²) in [5, 5.41) is 2.04. The Morgan fingerprint density at radius 3 is 2.77 bits per heavy atom. The van der Waals surface area contributed by atoms with Gasteiger partial charge in [-0.05, 0) is 37.3 Å². The highest BCUT2D eigenvalue weighted by Crippen LogP contribution is 2.28. The summed E-state index contributed by atoms with van der Waals surface area (Å²) in [5.74, 6) is 0.272. The molecule has 0 atom stereocenters. The summed E-state index contributed by atoms with van der Waals surface area (Å²) in [6, 6.07) is 14.6. The molecule has 0 unspecified atom stereocenters. The van der Waals surface area contributed by atoms with Crippen molar-refractivity contribution >= 4 is 34.1 Å². The number of H-pyrrole nitrogens is 1. The van der Waals surface area contributed by atoms with Crippen LogP contribution in [0.1, 0.15) is 16.8 Å². The van der Waals surface area contributed by atoms with Crippen molar-refractivity contribution in [3.63, 3.8) is 0 Å². The van der Waals surface area contributed by atoms with Crippen molar-refractivity contribution in [2.45, 2.75) is 19.9 Å². The van der Waals surface area contributed by atoms with Crippen molar-refractivity contribution in [1.82, 2.24) is 9.88 Å². The summed E-state index contributed by atoms with van der Waals surface area (Å²) < 4.78 is 0. The Balaban J connectivity index is 1.21. The predicted octanol–water partition coefficient (Wildman–Crippen LogP) is 2.42. The minimum atomic E-state index is 0.272. The molecule has 1 amide bonds. The lowest BCUT2D eigenvalue weighted by atomic mass is 10.0. The molecule has 30 heavy (non-hydrogen) atoms. The van der Waals surface area contributed by atoms with Gasteiger partial charge in [-0.2, -0.15) is 0 Å². The van der Waals surface area contributed by atoms with E-state index in [9.17, 15) is 4.79 Å². The normalized spacial score (nSPS) is 17.4. The average Bonchev–Trinajstić information content (AvgIpc) is 3.11. The Labute approximate surface area is 182 Å². The number of carbonyl (C=O) groups is 1. The van der Waals surface area contributed by atoms with E-state index in [-0.39, 0.29) is 5.91 Å². The molecule has 1 fully saturated rings. The molecule has 5 nitrogen and oxygen atoms in total. The number of benzene rings is 2. The Morgan fingerprint density at radius 1 is 1.13 bits per heavy atom. The van der Waals surface area contributed by atoms with Crippen molar-refractivity contribution in [3.8, 4) is 0 Å². The lowest BCUT2D eigenvalue weighted by Gasteiger charge is -2.35. The molecular formula is C24H28ClN4O+. The predicted molar refractivity (Wildman–Crippen MR) is 121 cm³/mol. The third-order valence-corrected chi connectivity index (χ3v) is 6.76. The van der Waals surface area contributed by atoms with Crippen LogP contribution in [0.15, 0.2) is 42.5 Å². The zero-order valence-electron chi connectivity index (χ0n) is 17.4. The molecule has 2 aliphatic rings. The van der Waals surface area contributed by atoms with E-state index in [1.54, 1.807) is 0 Å². The third-order valence-electron chi connectivity index (χ3n) is 6.53. The zero-order valence-corrected chi connectivity index (χ0v) is 18.1. The lowest BCUT2D eigenvalue weighted by molar-refractivity contribution is -0.892. The Kier molecular flexibility index (Phi) is 5.17. The van der Waals surface area contributed by atoms with Crippen LogP contribution in [0.5, 0.6) is 0 Å². The summed E-state index contributed by atoms with van der Waals surface area (Å²) in [5.41, 5.74) is 6.21. The number of hydrogen-bond acceptors (Lipinski definition) is 2. The van der Waals surface area contributed by atoms with Crippen LogP contribution in [0.4, 0.5) is 5.69 Å². The fourth-order valence-electron chi connectivity index (χ4n) is 4.80. The first-order valence-electron chi connectivity index (χ1n) is 10.8. The fraction of sp³-hybridized carbons (Fsp3) is 0.375. The van der Waals surface area contributed by atoms with E-state index in [1.807, 2.05) is 23.1 Å². The number of aromatic amines is 1. The molecule has 1 saturated heterocycles. The highest BCUT2D eigenvalue weighted by atomic mass is 35.5. The molecule has 1 aromatic heterocycles. The fourth-order valence-corrected chi connectivity index (χ4v) is 4.98. The first-order valence-corrected chi connectivity index (χ1v) is 11.2. The number of nitrogens with one attached hydrogen (secondary N) is 2. The van der Waals surface area contributed by atoms with Gasteiger partial charge in [0, 0.05) is 52.4 Å². The van der Waals surface area contributed by atoms with E-state index < -0.39 is 0 Å². The molecule has 2 aliphatic heterocycles. The number of fused-ring (bicyclic) bond motifs is 3. The number of aromatic nitrogens is 1. The van der Waals surface area contributed by atoms with Crippen LogP contribution < -0.4 is 9.80 Å². The van der Waals surface area contributed by atoms with Crippen molar-refractivity contribution in [2.75, 3.05) is 44.2 Å². The highest BCUT2D eigenvalue weighted by molar-refractivity contribution is 6.30. The van der Waals surface area contributed by atoms with Crippen LogP contribution in [0.2, 0.25) is 5.02 Å². The summed E-state index contributed by atoms with van der Waals surface area (Å²) in [6.45, 7) is 8.09. The Hall–Kier alpha value is -2.50. The standard InChI is InChI=1S/C24H27ClN4O/c1-17-5-6-22-20(13-17)21-15-29(8-7-23(21)26-22)24(30)16-27-9-11-28(12-10-27)19-4-2-3-18(25)14-19/h2-6,13-14,26H,7-12,15-16H2,1H3/p+1. The van der Waals surface area contributed by atoms with Gasteiger partial charge in [0.25, 0.3) is 5.91 Å². The van der Waals surface area contributed by atoms with Gasteiger partial charge in [-0.15, -0.1) is 0 Å². The Bertz CT molecular complexity index is 1080. The van der Waals surface area contributed by atoms with Crippen LogP contribution in [-0.4, -0.2) is 55.1 Å². The van der Waals surface area contributed by atoms with Crippen molar-refractivity contribution in [1.29, 1.82) is 0 Å². The molecule has 5 rings (SSSR count). The number of carbonyl (C=O) groups excluding carboxylic acids is 1. The van der Waals surface area contributed by atoms with Gasteiger partial charge >= 0.3 is 0 Å². The van der Waals surface area contributed by atoms with Crippen LogP contribution in [0, 0.1) is 6.92 Å². The first kappa shape index (κ1) is 19.5. The number of aryl methyl sites for hydroxylation is 1. The summed E-state index contributed by atoms with van der Waals surface area (Å²) in [6.07, 6.45) is 0.909. The zero-order chi connectivity index (χ0) is 20.7. The van der Waals surface area contributed by atoms with Crippen molar-refractivity contribution in [3.05, 3.63) is 64.3 Å². The van der Waals surface area contributed by atoms with E-state index in [0.717, 1.165) is 50.7 Å². The van der Waals surface area contributed by atoms with Crippen LogP contribution in [0.25, 0.3) is 10.9 Å². The van der Waals surface area contributed by atoms with E-state index >= 15 is 0 Å². The van der Waals surface area contributed by atoms with Gasteiger partial charge in [0.2, 0.25) is 0 Å². The monoisotopic (exact) mass is 423 g/mol. The number of amides is 1. The quantitative estimate of drug-likeness (QED) is 0.679. The molecule has 0 saturated carbocycles. The maximum atomic E-state index is 13.1. The van der Waals surface area contributed by atoms with Crippen LogP contribution >= 0.6 is 11.6 Å². The van der Waals surface area contributed by atoms with Gasteiger partial charge < -0.3 is 19.7 Å². The molecule has 2 aromatic carbocycles. The maximum absolute atomic E-state index is 13.1. The van der Waals surface area contributed by atoms with E-state index in [4.69, 9.17) is 11.6 Å². The molecule has 6 heteroatoms. The SMILES string of the molecule is Cc1ccc2[nH]c3c(c2c1)CN(C(=O)C[NH+]1CCN(c2cccc(Cl)c2)CC1)CC3. The minimum Gasteiger partial charge on any atom is -0.360 e. The topological polar surface area (TPSA) is 43.8 Å². The number of anilines is 1. The van der Waals surface area contributed by atoms with Gasteiger partial charge in [0.1, 0.15) is 0 Å². The number of quaternary nitrogens is 1. The lowest BCUT2D eigenvalue weighted by Crippen LogP contribution is -3.15. The van der Waals surface area contributed by atoms with Crippen molar-refractivity contribution in [2.24, 2.45) is 0 Å². The number of halogens is 1. The minimum absolute atomic E-state index is 0.272. The largest absolute Gasteiger partial charge is 0.360 e. The number of hydrogen-bond donors (Lipinski definition) is 2. The van der Waals surface area contributed by atoms with Crippen LogP contribution in [0.3, 0.4) is 0 Å². The molecule has 0 aliphatic carbocycles. The second-order valence-corrected chi connectivity index (χ2v) is 9.03. The van der Waals surface area contributed by atoms with Crippen LogP contribution in [-0.2, 0) is 17.8 Å². The van der Waals surface area contributed by atoms with Gasteiger partial charge in [-0.3, -0.25) is 4.79 Å². The number of nitrogens with zero attached hydrogens (tertiary/aromatic N) is 2. The maximum Gasteiger partial charge on any atom is 0.278 e. The van der Waals surface area contributed by atoms with E-state index in [1.165, 1.54) is 38.3 Å². The molecule has 0 bridgehead atoms. The molecule has 0 spiro atoms. The van der Waals surface area contributed by atoms with Gasteiger partial charge in [0.05, 0.1) is 26.2 Å². The molecule has 0 radical (unpaired) electrons. The molecule has 2 N–H and O–H groups in total. The summed E-state index contributed by atoms with van der Waals surface area (Å²) >= 11 is 6.14. The summed E-state index contributed by atoms with van der Waals surface area (Å²) in [7, 11) is 0. The molecular weight excluding hydrogens is 396 g/mol. The van der Waals surface area contributed by atoms with Gasteiger partial charge in [0.15, 0.2) is 6.54 Å². The molecule has 156 valence electrons. The van der Waals surface area contributed by atoms with Gasteiger partial charge in [-0.25, -0.2) is 0 Å².